The van der Waals surface area contributed by atoms with Gasteiger partial charge < -0.3 is 10.6 Å². The molecule has 0 radical (unpaired) electrons. The lowest BCUT2D eigenvalue weighted by atomic mass is 10.2. The van der Waals surface area contributed by atoms with Gasteiger partial charge in [0.1, 0.15) is 5.69 Å². The molecule has 0 unspecified atom stereocenters. The van der Waals surface area contributed by atoms with E-state index in [0.29, 0.717) is 12.4 Å². The van der Waals surface area contributed by atoms with Gasteiger partial charge in [-0.25, -0.2) is 0 Å². The van der Waals surface area contributed by atoms with Crippen LogP contribution in [0, 0.1) is 13.5 Å². The topological polar surface area (TPSA) is 43.3 Å². The van der Waals surface area contributed by atoms with Crippen molar-refractivity contribution >= 4 is 30.6 Å². The third-order valence-corrected chi connectivity index (χ3v) is 1.33. The lowest BCUT2D eigenvalue weighted by Crippen LogP contribution is -1.99. The second-order valence-corrected chi connectivity index (χ2v) is 2.31. The molecular weight excluding hydrogens is 209 g/mol. The maximum absolute atomic E-state index is 6.73. The molecule has 72 valence electrons. The van der Waals surface area contributed by atoms with Crippen molar-refractivity contribution in [1.29, 1.82) is 0 Å². The molecule has 0 aliphatic carbocycles. The monoisotopic (exact) mass is 219 g/mol. The average molecular weight is 220 g/mol. The van der Waals surface area contributed by atoms with E-state index >= 15 is 0 Å². The number of rotatable bonds is 1. The summed E-state index contributed by atoms with van der Waals surface area (Å²) in [6.45, 7) is 9.05. The minimum absolute atomic E-state index is 0. The van der Waals surface area contributed by atoms with Crippen LogP contribution in [0.3, 0.4) is 0 Å². The molecule has 1 rings (SSSR count). The Morgan fingerprint density at radius 2 is 2.08 bits per heavy atom. The highest BCUT2D eigenvalue weighted by molar-refractivity contribution is 5.85. The zero-order valence-electron chi connectivity index (χ0n) is 7.15. The number of halogens is 2. The minimum Gasteiger partial charge on any atom is -0.361 e. The Kier molecular flexibility index (Phi) is 7.54. The van der Waals surface area contributed by atoms with Gasteiger partial charge in [0, 0.05) is 0 Å². The van der Waals surface area contributed by atoms with Crippen LogP contribution in [0.1, 0.15) is 11.3 Å². The first-order valence-corrected chi connectivity index (χ1v) is 3.31. The van der Waals surface area contributed by atoms with Gasteiger partial charge in [0.15, 0.2) is 0 Å². The number of hydrogen-bond donors (Lipinski definition) is 1. The van der Waals surface area contributed by atoms with Crippen molar-refractivity contribution in [3.63, 3.8) is 0 Å². The van der Waals surface area contributed by atoms with E-state index in [1.165, 1.54) is 0 Å². The smallest absolute Gasteiger partial charge is 0.270 e. The summed E-state index contributed by atoms with van der Waals surface area (Å²) in [5.41, 5.74) is 7.18. The molecule has 13 heavy (non-hydrogen) atoms. The maximum Gasteiger partial charge on any atom is 0.270 e. The standard InChI is InChI=1S/C8H9N3.2ClH/c1-6-3-7(5-9)11-8(4-6)10-2;;/h3-4H,5,9H2,1H3;2*1H. The van der Waals surface area contributed by atoms with Crippen molar-refractivity contribution in [2.45, 2.75) is 13.5 Å². The van der Waals surface area contributed by atoms with E-state index in [9.17, 15) is 0 Å². The molecule has 0 aromatic carbocycles. The van der Waals surface area contributed by atoms with Crippen LogP contribution in [0.2, 0.25) is 0 Å². The molecule has 0 aliphatic rings. The van der Waals surface area contributed by atoms with Crippen LogP contribution in [0.15, 0.2) is 12.1 Å². The second-order valence-electron chi connectivity index (χ2n) is 2.31. The number of aryl methyl sites for hydroxylation is 1. The maximum atomic E-state index is 6.73. The highest BCUT2D eigenvalue weighted by Crippen LogP contribution is 2.11. The van der Waals surface area contributed by atoms with E-state index in [1.54, 1.807) is 6.07 Å². The number of pyridine rings is 1. The molecule has 0 saturated carbocycles. The predicted molar refractivity (Wildman–Crippen MR) is 57.6 cm³/mol. The van der Waals surface area contributed by atoms with Gasteiger partial charge in [-0.1, -0.05) is 12.1 Å². The normalized spacial score (nSPS) is 7.77. The number of nitrogens with two attached hydrogens (primary N) is 1. The molecule has 1 aromatic rings. The summed E-state index contributed by atoms with van der Waals surface area (Å²) < 4.78 is 0. The van der Waals surface area contributed by atoms with Crippen LogP contribution in [0.4, 0.5) is 5.82 Å². The third-order valence-electron chi connectivity index (χ3n) is 1.33. The summed E-state index contributed by atoms with van der Waals surface area (Å²) >= 11 is 0. The number of aromatic nitrogens is 1. The quantitative estimate of drug-likeness (QED) is 0.737. The van der Waals surface area contributed by atoms with Crippen LogP contribution >= 0.6 is 24.8 Å². The van der Waals surface area contributed by atoms with Crippen molar-refractivity contribution < 1.29 is 0 Å². The second kappa shape index (κ2) is 6.67. The summed E-state index contributed by atoms with van der Waals surface area (Å²) in [7, 11) is 0. The number of hydrogen-bond acceptors (Lipinski definition) is 2. The SMILES string of the molecule is Cl.Cl.[C-]#[N+]c1cc(C)cc(CN)n1. The largest absolute Gasteiger partial charge is 0.361 e. The van der Waals surface area contributed by atoms with Gasteiger partial charge in [0.2, 0.25) is 0 Å². The fourth-order valence-corrected chi connectivity index (χ4v) is 0.882. The first-order valence-electron chi connectivity index (χ1n) is 3.31. The highest BCUT2D eigenvalue weighted by Gasteiger charge is 1.99. The van der Waals surface area contributed by atoms with Crippen LogP contribution < -0.4 is 5.73 Å². The molecule has 5 heteroatoms. The Morgan fingerprint density at radius 3 is 2.54 bits per heavy atom. The molecule has 0 bridgehead atoms. The molecule has 1 heterocycles. The van der Waals surface area contributed by atoms with Crippen molar-refractivity contribution in [3.05, 3.63) is 34.8 Å². The summed E-state index contributed by atoms with van der Waals surface area (Å²) in [4.78, 5) is 7.21. The summed E-state index contributed by atoms with van der Waals surface area (Å²) in [6, 6.07) is 3.63. The molecule has 0 spiro atoms. The molecule has 0 atom stereocenters. The fourth-order valence-electron chi connectivity index (χ4n) is 0.882. The van der Waals surface area contributed by atoms with E-state index in [-0.39, 0.29) is 24.8 Å². The van der Waals surface area contributed by atoms with Gasteiger partial charge in [-0.05, 0) is 19.1 Å². The molecule has 0 aliphatic heterocycles. The minimum atomic E-state index is 0. The number of nitrogens with zero attached hydrogens (tertiary/aromatic N) is 2. The lowest BCUT2D eigenvalue weighted by molar-refractivity contribution is 0.991. The van der Waals surface area contributed by atoms with Gasteiger partial charge in [-0.3, -0.25) is 0 Å². The molecule has 2 N–H and O–H groups in total. The zero-order valence-corrected chi connectivity index (χ0v) is 8.78. The Hall–Kier alpha value is -0.820. The summed E-state index contributed by atoms with van der Waals surface area (Å²) in [5, 5.41) is 0. The van der Waals surface area contributed by atoms with Crippen LogP contribution in [0.5, 0.6) is 0 Å². The van der Waals surface area contributed by atoms with Crippen LogP contribution in [-0.4, -0.2) is 4.98 Å². The molecule has 0 amide bonds. The summed E-state index contributed by atoms with van der Waals surface area (Å²) in [5.74, 6) is 0.422. The van der Waals surface area contributed by atoms with Crippen LogP contribution in [-0.2, 0) is 6.54 Å². The molecule has 3 nitrogen and oxygen atoms in total. The van der Waals surface area contributed by atoms with E-state index in [1.807, 2.05) is 13.0 Å². The van der Waals surface area contributed by atoms with E-state index < -0.39 is 0 Å². The van der Waals surface area contributed by atoms with Crippen molar-refractivity contribution in [2.24, 2.45) is 5.73 Å². The lowest BCUT2D eigenvalue weighted by Gasteiger charge is -1.95. The molecule has 1 aromatic heterocycles. The predicted octanol–water partition coefficient (Wildman–Crippen LogP) is 2.24. The Balaban J connectivity index is 0. The Labute approximate surface area is 90.0 Å². The fraction of sp³-hybridized carbons (Fsp3) is 0.250. The average Bonchev–Trinajstić information content (AvgIpc) is 2.03. The van der Waals surface area contributed by atoms with Crippen molar-refractivity contribution in [1.82, 2.24) is 4.98 Å². The van der Waals surface area contributed by atoms with E-state index in [4.69, 9.17) is 12.3 Å². The highest BCUT2D eigenvalue weighted by atomic mass is 35.5. The van der Waals surface area contributed by atoms with Gasteiger partial charge in [-0.15, -0.1) is 29.8 Å². The Bertz CT molecular complexity index is 307. The molecule has 0 fully saturated rings. The van der Waals surface area contributed by atoms with Crippen LogP contribution in [0.25, 0.3) is 4.85 Å². The van der Waals surface area contributed by atoms with E-state index in [2.05, 4.69) is 9.83 Å². The first-order chi connectivity index (χ1) is 5.26. The molecule has 0 saturated heterocycles. The van der Waals surface area contributed by atoms with Crippen molar-refractivity contribution in [3.8, 4) is 0 Å². The first kappa shape index (κ1) is 14.7. The van der Waals surface area contributed by atoms with Gasteiger partial charge in [-0.2, -0.15) is 0 Å². The molecular formula is C8H11Cl2N3. The zero-order chi connectivity index (χ0) is 8.27. The third kappa shape index (κ3) is 4.09. The van der Waals surface area contributed by atoms with Crippen molar-refractivity contribution in [2.75, 3.05) is 0 Å². The van der Waals surface area contributed by atoms with Gasteiger partial charge in [0.05, 0.1) is 6.54 Å². The summed E-state index contributed by atoms with van der Waals surface area (Å²) in [6.07, 6.45) is 0. The van der Waals surface area contributed by atoms with E-state index in [0.717, 1.165) is 11.3 Å². The van der Waals surface area contributed by atoms with Gasteiger partial charge in [0.25, 0.3) is 5.82 Å². The Morgan fingerprint density at radius 1 is 1.46 bits per heavy atom. The van der Waals surface area contributed by atoms with Gasteiger partial charge >= 0.3 is 0 Å².